The van der Waals surface area contributed by atoms with Crippen molar-refractivity contribution < 1.29 is 9.47 Å². The zero-order valence-corrected chi connectivity index (χ0v) is 19.6. The first-order valence-corrected chi connectivity index (χ1v) is 9.98. The van der Waals surface area contributed by atoms with Gasteiger partial charge < -0.3 is 25.0 Å². The molecule has 2 N–H and O–H groups in total. The molecule has 1 aliphatic rings. The van der Waals surface area contributed by atoms with Gasteiger partial charge in [-0.2, -0.15) is 0 Å². The maximum absolute atomic E-state index is 6.01. The fraction of sp³-hybridized carbons (Fsp3) is 0.947. The van der Waals surface area contributed by atoms with Crippen LogP contribution in [0.3, 0.4) is 0 Å². The molecule has 1 atom stereocenters. The Hall–Kier alpha value is -0.120. The molecule has 26 heavy (non-hydrogen) atoms. The van der Waals surface area contributed by atoms with Gasteiger partial charge in [0, 0.05) is 33.3 Å². The molecular weight excluding hydrogens is 443 g/mol. The van der Waals surface area contributed by atoms with Crippen LogP contribution in [-0.4, -0.2) is 77.1 Å². The molecule has 1 saturated carbocycles. The second-order valence-electron chi connectivity index (χ2n) is 7.03. The third kappa shape index (κ3) is 13.1. The van der Waals surface area contributed by atoms with Crippen LogP contribution >= 0.6 is 24.0 Å². The van der Waals surface area contributed by atoms with Crippen molar-refractivity contribution in [1.82, 2.24) is 15.5 Å². The lowest BCUT2D eigenvalue weighted by atomic mass is 10.1. The summed E-state index contributed by atoms with van der Waals surface area (Å²) in [6.45, 7) is 6.09. The van der Waals surface area contributed by atoms with Gasteiger partial charge in [0.2, 0.25) is 0 Å². The lowest BCUT2D eigenvalue weighted by molar-refractivity contribution is 0.0465. The van der Waals surface area contributed by atoms with Crippen LogP contribution in [0.15, 0.2) is 4.99 Å². The second kappa shape index (κ2) is 17.0. The van der Waals surface area contributed by atoms with Crippen molar-refractivity contribution in [3.05, 3.63) is 0 Å². The molecule has 0 heterocycles. The zero-order chi connectivity index (χ0) is 18.3. The van der Waals surface area contributed by atoms with Gasteiger partial charge in [-0.3, -0.25) is 4.99 Å². The maximum Gasteiger partial charge on any atom is 0.191 e. The van der Waals surface area contributed by atoms with Crippen molar-refractivity contribution in [2.75, 3.05) is 54.0 Å². The van der Waals surface area contributed by atoms with E-state index in [0.29, 0.717) is 6.10 Å². The maximum atomic E-state index is 6.01. The molecule has 1 rings (SSSR count). The standard InChI is InChI=1S/C19H40N4O2.HI/c1-5-24-18(12-14-23(3)4)16-22-19(20-2)21-13-15-25-17-10-8-6-7-9-11-17;/h17-18H,5-16H2,1-4H3,(H2,20,21,22);1H. The normalized spacial score (nSPS) is 17.5. The van der Waals surface area contributed by atoms with Gasteiger partial charge in [-0.05, 0) is 40.3 Å². The summed E-state index contributed by atoms with van der Waals surface area (Å²) in [7, 11) is 5.98. The molecule has 7 heteroatoms. The summed E-state index contributed by atoms with van der Waals surface area (Å²) in [6.07, 6.45) is 9.45. The van der Waals surface area contributed by atoms with Gasteiger partial charge in [0.25, 0.3) is 0 Å². The monoisotopic (exact) mass is 484 g/mol. The van der Waals surface area contributed by atoms with Crippen LogP contribution in [0.5, 0.6) is 0 Å². The van der Waals surface area contributed by atoms with E-state index in [-0.39, 0.29) is 30.1 Å². The summed E-state index contributed by atoms with van der Waals surface area (Å²) in [5.41, 5.74) is 0. The van der Waals surface area contributed by atoms with Gasteiger partial charge in [-0.15, -0.1) is 24.0 Å². The highest BCUT2D eigenvalue weighted by molar-refractivity contribution is 14.0. The lowest BCUT2D eigenvalue weighted by Crippen LogP contribution is -2.43. The van der Waals surface area contributed by atoms with Gasteiger partial charge in [0.15, 0.2) is 5.96 Å². The molecule has 0 saturated heterocycles. The molecule has 1 fully saturated rings. The van der Waals surface area contributed by atoms with Crippen LogP contribution < -0.4 is 10.6 Å². The molecule has 1 unspecified atom stereocenters. The molecule has 156 valence electrons. The summed E-state index contributed by atoms with van der Waals surface area (Å²) in [6, 6.07) is 0. The SMILES string of the molecule is CCOC(CCN(C)C)CNC(=NC)NCCOC1CCCCCC1.I. The third-order valence-corrected chi connectivity index (χ3v) is 4.57. The lowest BCUT2D eigenvalue weighted by Gasteiger charge is -2.21. The number of nitrogens with one attached hydrogen (secondary N) is 2. The van der Waals surface area contributed by atoms with Crippen LogP contribution in [0.4, 0.5) is 0 Å². The Labute approximate surface area is 177 Å². The number of aliphatic imine (C=N–C) groups is 1. The number of ether oxygens (including phenoxy) is 2. The number of guanidine groups is 1. The minimum atomic E-state index is 0. The summed E-state index contributed by atoms with van der Waals surface area (Å²) in [5, 5.41) is 6.70. The first-order chi connectivity index (χ1) is 12.2. The topological polar surface area (TPSA) is 58.1 Å². The van der Waals surface area contributed by atoms with Crippen molar-refractivity contribution >= 4 is 29.9 Å². The number of nitrogens with zero attached hydrogens (tertiary/aromatic N) is 2. The van der Waals surface area contributed by atoms with E-state index >= 15 is 0 Å². The van der Waals surface area contributed by atoms with E-state index in [1.54, 1.807) is 7.05 Å². The van der Waals surface area contributed by atoms with Crippen LogP contribution in [-0.2, 0) is 9.47 Å². The van der Waals surface area contributed by atoms with Crippen LogP contribution in [0.2, 0.25) is 0 Å². The van der Waals surface area contributed by atoms with E-state index in [1.165, 1.54) is 38.5 Å². The van der Waals surface area contributed by atoms with Crippen molar-refractivity contribution in [2.24, 2.45) is 4.99 Å². The number of hydrogen-bond acceptors (Lipinski definition) is 4. The molecule has 0 aromatic carbocycles. The van der Waals surface area contributed by atoms with Gasteiger partial charge >= 0.3 is 0 Å². The predicted octanol–water partition coefficient (Wildman–Crippen LogP) is 2.87. The van der Waals surface area contributed by atoms with E-state index in [1.807, 2.05) is 6.92 Å². The minimum absolute atomic E-state index is 0. The minimum Gasteiger partial charge on any atom is -0.377 e. The molecule has 0 aromatic heterocycles. The Balaban J connectivity index is 0.00000625. The average Bonchev–Trinajstić information content (AvgIpc) is 2.87. The van der Waals surface area contributed by atoms with Crippen molar-refractivity contribution in [1.29, 1.82) is 0 Å². The number of hydrogen-bond donors (Lipinski definition) is 2. The molecule has 0 aliphatic heterocycles. The molecule has 6 nitrogen and oxygen atoms in total. The second-order valence-corrected chi connectivity index (χ2v) is 7.03. The third-order valence-electron chi connectivity index (χ3n) is 4.57. The first kappa shape index (κ1) is 25.9. The molecule has 0 aromatic rings. The van der Waals surface area contributed by atoms with Crippen LogP contribution in [0.25, 0.3) is 0 Å². The molecule has 0 spiro atoms. The molecule has 0 radical (unpaired) electrons. The number of halogens is 1. The van der Waals surface area contributed by atoms with Gasteiger partial charge in [-0.1, -0.05) is 25.7 Å². The Kier molecular flexibility index (Phi) is 16.9. The van der Waals surface area contributed by atoms with E-state index in [0.717, 1.165) is 45.2 Å². The van der Waals surface area contributed by atoms with Crippen molar-refractivity contribution in [3.63, 3.8) is 0 Å². The highest BCUT2D eigenvalue weighted by atomic mass is 127. The first-order valence-electron chi connectivity index (χ1n) is 9.98. The van der Waals surface area contributed by atoms with Crippen molar-refractivity contribution in [2.45, 2.75) is 64.1 Å². The average molecular weight is 484 g/mol. The van der Waals surface area contributed by atoms with Gasteiger partial charge in [0.05, 0.1) is 18.8 Å². The van der Waals surface area contributed by atoms with Gasteiger partial charge in [-0.25, -0.2) is 0 Å². The summed E-state index contributed by atoms with van der Waals surface area (Å²) in [5.74, 6) is 0.819. The summed E-state index contributed by atoms with van der Waals surface area (Å²) in [4.78, 5) is 6.47. The van der Waals surface area contributed by atoms with Crippen LogP contribution in [0.1, 0.15) is 51.9 Å². The van der Waals surface area contributed by atoms with E-state index in [4.69, 9.17) is 9.47 Å². The molecular formula is C19H41IN4O2. The van der Waals surface area contributed by atoms with E-state index in [2.05, 4.69) is 34.6 Å². The summed E-state index contributed by atoms with van der Waals surface area (Å²) >= 11 is 0. The Bertz CT molecular complexity index is 348. The Morgan fingerprint density at radius 3 is 2.42 bits per heavy atom. The van der Waals surface area contributed by atoms with Gasteiger partial charge in [0.1, 0.15) is 0 Å². The Morgan fingerprint density at radius 1 is 1.15 bits per heavy atom. The molecule has 0 amide bonds. The Morgan fingerprint density at radius 2 is 1.85 bits per heavy atom. The molecule has 0 bridgehead atoms. The van der Waals surface area contributed by atoms with E-state index in [9.17, 15) is 0 Å². The zero-order valence-electron chi connectivity index (χ0n) is 17.3. The van der Waals surface area contributed by atoms with Crippen LogP contribution in [0, 0.1) is 0 Å². The largest absolute Gasteiger partial charge is 0.377 e. The fourth-order valence-electron chi connectivity index (χ4n) is 3.12. The predicted molar refractivity (Wildman–Crippen MR) is 121 cm³/mol. The highest BCUT2D eigenvalue weighted by Gasteiger charge is 2.13. The smallest absolute Gasteiger partial charge is 0.191 e. The molecule has 1 aliphatic carbocycles. The highest BCUT2D eigenvalue weighted by Crippen LogP contribution is 2.19. The fourth-order valence-corrected chi connectivity index (χ4v) is 3.12. The quantitative estimate of drug-likeness (QED) is 0.155. The van der Waals surface area contributed by atoms with E-state index < -0.39 is 0 Å². The number of rotatable bonds is 11. The van der Waals surface area contributed by atoms with Crippen molar-refractivity contribution in [3.8, 4) is 0 Å². The summed E-state index contributed by atoms with van der Waals surface area (Å²) < 4.78 is 11.8.